The van der Waals surface area contributed by atoms with E-state index in [1.165, 1.54) is 12.3 Å². The Labute approximate surface area is 92.1 Å². The third-order valence-corrected chi connectivity index (χ3v) is 2.49. The van der Waals surface area contributed by atoms with Crippen molar-refractivity contribution in [3.05, 3.63) is 21.1 Å². The van der Waals surface area contributed by atoms with Crippen molar-refractivity contribution in [2.45, 2.75) is 0 Å². The molecule has 0 saturated carbocycles. The molecular formula is C7H5ClIN3. The third kappa shape index (κ3) is 1.19. The van der Waals surface area contributed by atoms with Gasteiger partial charge in [0.15, 0.2) is 0 Å². The van der Waals surface area contributed by atoms with E-state index in [2.05, 4.69) is 10.1 Å². The van der Waals surface area contributed by atoms with Crippen LogP contribution < -0.4 is 0 Å². The highest BCUT2D eigenvalue weighted by atomic mass is 127. The molecule has 12 heavy (non-hydrogen) atoms. The lowest BCUT2D eigenvalue weighted by atomic mass is 10.3. The summed E-state index contributed by atoms with van der Waals surface area (Å²) < 4.78 is 23.5. The summed E-state index contributed by atoms with van der Waals surface area (Å²) in [5, 5.41) is 4.89. The van der Waals surface area contributed by atoms with E-state index in [-0.39, 0.29) is 5.15 Å². The Bertz CT molecular complexity index is 522. The Kier molecular flexibility index (Phi) is 1.28. The van der Waals surface area contributed by atoms with Gasteiger partial charge in [-0.25, -0.2) is 4.98 Å². The van der Waals surface area contributed by atoms with Crippen LogP contribution in [0.2, 0.25) is 5.15 Å². The third-order valence-electron chi connectivity index (χ3n) is 1.49. The van der Waals surface area contributed by atoms with E-state index in [1.807, 2.05) is 22.6 Å². The van der Waals surface area contributed by atoms with Gasteiger partial charge in [-0.2, -0.15) is 5.10 Å². The van der Waals surface area contributed by atoms with Crippen molar-refractivity contribution in [2.75, 3.05) is 0 Å². The van der Waals surface area contributed by atoms with E-state index < -0.39 is 6.98 Å². The van der Waals surface area contributed by atoms with Gasteiger partial charge < -0.3 is 0 Å². The molecule has 0 N–H and O–H groups in total. The second kappa shape index (κ2) is 2.85. The Morgan fingerprint density at radius 2 is 2.58 bits per heavy atom. The highest BCUT2D eigenvalue weighted by molar-refractivity contribution is 14.1. The average molecular weight is 297 g/mol. The molecule has 5 heteroatoms. The summed E-state index contributed by atoms with van der Waals surface area (Å²) in [5.41, 5.74) is 0.472. The highest BCUT2D eigenvalue weighted by Gasteiger charge is 2.05. The van der Waals surface area contributed by atoms with Crippen LogP contribution in [0.25, 0.3) is 10.9 Å². The number of aromatic nitrogens is 3. The number of hydrogen-bond donors (Lipinski definition) is 0. The maximum atomic E-state index is 7.31. The summed E-state index contributed by atoms with van der Waals surface area (Å²) in [5.74, 6) is 0. The molecule has 0 atom stereocenters. The lowest BCUT2D eigenvalue weighted by Crippen LogP contribution is -1.89. The fraction of sp³-hybridized carbons (Fsp3) is 0.143. The van der Waals surface area contributed by atoms with Crippen LogP contribution in [0.5, 0.6) is 0 Å². The van der Waals surface area contributed by atoms with Crippen molar-refractivity contribution in [1.29, 1.82) is 0 Å². The van der Waals surface area contributed by atoms with Crippen LogP contribution >= 0.6 is 34.2 Å². The zero-order chi connectivity index (χ0) is 11.2. The SMILES string of the molecule is [2H]C([2H])([2H])n1nc(I)c2cnc(Cl)cc21. The van der Waals surface area contributed by atoms with Crippen molar-refractivity contribution < 1.29 is 4.11 Å². The minimum Gasteiger partial charge on any atom is -0.267 e. The topological polar surface area (TPSA) is 30.7 Å². The first-order valence-corrected chi connectivity index (χ1v) is 4.55. The molecule has 0 fully saturated rings. The Morgan fingerprint density at radius 1 is 1.75 bits per heavy atom. The number of halogens is 2. The van der Waals surface area contributed by atoms with E-state index >= 15 is 0 Å². The molecule has 0 unspecified atom stereocenters. The molecule has 2 aromatic heterocycles. The molecule has 0 spiro atoms. The Balaban J connectivity index is 2.81. The molecule has 0 saturated heterocycles. The van der Waals surface area contributed by atoms with Crippen molar-refractivity contribution >= 4 is 45.1 Å². The molecule has 0 aliphatic carbocycles. The van der Waals surface area contributed by atoms with Crippen molar-refractivity contribution in [3.8, 4) is 0 Å². The molecule has 2 rings (SSSR count). The van der Waals surface area contributed by atoms with Crippen LogP contribution in [0.1, 0.15) is 4.11 Å². The van der Waals surface area contributed by atoms with Gasteiger partial charge in [0.25, 0.3) is 0 Å². The van der Waals surface area contributed by atoms with E-state index in [9.17, 15) is 0 Å². The largest absolute Gasteiger partial charge is 0.267 e. The predicted molar refractivity (Wildman–Crippen MR) is 56.2 cm³/mol. The molecule has 0 aliphatic heterocycles. The Hall–Kier alpha value is -0.360. The number of pyridine rings is 1. The van der Waals surface area contributed by atoms with E-state index in [0.717, 1.165) is 4.68 Å². The van der Waals surface area contributed by atoms with Crippen LogP contribution in [0.15, 0.2) is 12.3 Å². The monoisotopic (exact) mass is 296 g/mol. The maximum Gasteiger partial charge on any atom is 0.132 e. The van der Waals surface area contributed by atoms with Gasteiger partial charge in [0.2, 0.25) is 0 Å². The fourth-order valence-electron chi connectivity index (χ4n) is 0.950. The predicted octanol–water partition coefficient (Wildman–Crippen LogP) is 2.23. The van der Waals surface area contributed by atoms with Gasteiger partial charge in [0.05, 0.1) is 10.9 Å². The van der Waals surface area contributed by atoms with Gasteiger partial charge in [0.1, 0.15) is 8.85 Å². The fourth-order valence-corrected chi connectivity index (χ4v) is 1.73. The number of rotatable bonds is 0. The van der Waals surface area contributed by atoms with Crippen molar-refractivity contribution in [3.63, 3.8) is 0 Å². The number of fused-ring (bicyclic) bond motifs is 1. The van der Waals surface area contributed by atoms with E-state index in [0.29, 0.717) is 14.6 Å². The van der Waals surface area contributed by atoms with Gasteiger partial charge in [-0.15, -0.1) is 0 Å². The summed E-state index contributed by atoms with van der Waals surface area (Å²) in [6, 6.07) is 1.50. The molecule has 0 aromatic carbocycles. The van der Waals surface area contributed by atoms with Gasteiger partial charge in [0, 0.05) is 23.4 Å². The first kappa shape index (κ1) is 5.39. The summed E-state index contributed by atoms with van der Waals surface area (Å²) in [7, 11) is 0. The first-order chi connectivity index (χ1) is 6.89. The minimum absolute atomic E-state index is 0.254. The van der Waals surface area contributed by atoms with Crippen LogP contribution in [-0.4, -0.2) is 14.8 Å². The molecule has 2 heterocycles. The molecule has 0 bridgehead atoms. The van der Waals surface area contributed by atoms with Crippen LogP contribution in [0.4, 0.5) is 0 Å². The van der Waals surface area contributed by atoms with Crippen LogP contribution in [-0.2, 0) is 6.98 Å². The summed E-state index contributed by atoms with van der Waals surface area (Å²) >= 11 is 7.68. The number of hydrogen-bond acceptors (Lipinski definition) is 2. The minimum atomic E-state index is -2.30. The maximum absolute atomic E-state index is 7.31. The van der Waals surface area contributed by atoms with Crippen LogP contribution in [0.3, 0.4) is 0 Å². The van der Waals surface area contributed by atoms with Crippen molar-refractivity contribution in [2.24, 2.45) is 6.98 Å². The average Bonchev–Trinajstić information content (AvgIpc) is 2.42. The molecular weight excluding hydrogens is 288 g/mol. The van der Waals surface area contributed by atoms with Gasteiger partial charge in [-0.1, -0.05) is 11.6 Å². The number of aryl methyl sites for hydroxylation is 1. The summed E-state index contributed by atoms with van der Waals surface area (Å²) in [4.78, 5) is 3.89. The quantitative estimate of drug-likeness (QED) is 0.551. The Morgan fingerprint density at radius 3 is 3.33 bits per heavy atom. The zero-order valence-corrected chi connectivity index (χ0v) is 8.67. The standard InChI is InChI=1S/C7H5ClIN3/c1-12-5-2-6(8)10-3-4(5)7(9)11-12/h2-3H,1H3/i1D3. The molecule has 0 amide bonds. The molecule has 3 nitrogen and oxygen atoms in total. The van der Waals surface area contributed by atoms with E-state index in [4.69, 9.17) is 15.7 Å². The van der Waals surface area contributed by atoms with Crippen LogP contribution in [0, 0.1) is 3.70 Å². The molecule has 62 valence electrons. The van der Waals surface area contributed by atoms with Gasteiger partial charge in [-0.3, -0.25) is 4.68 Å². The molecule has 0 radical (unpaired) electrons. The summed E-state index contributed by atoms with van der Waals surface area (Å²) in [6.07, 6.45) is 1.52. The second-order valence-electron chi connectivity index (χ2n) is 2.23. The highest BCUT2D eigenvalue weighted by Crippen LogP contribution is 2.20. The number of nitrogens with zero attached hydrogens (tertiary/aromatic N) is 3. The lowest BCUT2D eigenvalue weighted by Gasteiger charge is -1.92. The summed E-state index contributed by atoms with van der Waals surface area (Å²) in [6.45, 7) is -2.30. The lowest BCUT2D eigenvalue weighted by molar-refractivity contribution is 0.787. The van der Waals surface area contributed by atoms with Gasteiger partial charge in [-0.05, 0) is 22.6 Å². The van der Waals surface area contributed by atoms with Crippen molar-refractivity contribution in [1.82, 2.24) is 14.8 Å². The second-order valence-corrected chi connectivity index (χ2v) is 3.64. The smallest absolute Gasteiger partial charge is 0.132 e. The van der Waals surface area contributed by atoms with E-state index in [1.54, 1.807) is 0 Å². The zero-order valence-electron chi connectivity index (χ0n) is 8.75. The molecule has 0 aliphatic rings. The normalized spacial score (nSPS) is 15.7. The molecule has 2 aromatic rings. The first-order valence-electron chi connectivity index (χ1n) is 4.60. The van der Waals surface area contributed by atoms with Gasteiger partial charge >= 0.3 is 0 Å².